The molecule has 1 aliphatic heterocycles. The summed E-state index contributed by atoms with van der Waals surface area (Å²) >= 11 is 3.41. The molecule has 1 aromatic heterocycles. The third-order valence-corrected chi connectivity index (χ3v) is 5.62. The highest BCUT2D eigenvalue weighted by Crippen LogP contribution is 2.44. The van der Waals surface area contributed by atoms with Crippen molar-refractivity contribution in [3.8, 4) is 0 Å². The smallest absolute Gasteiger partial charge is 0.264 e. The van der Waals surface area contributed by atoms with Gasteiger partial charge >= 0.3 is 0 Å². The Morgan fingerprint density at radius 1 is 1.07 bits per heavy atom. The van der Waals surface area contributed by atoms with E-state index in [1.54, 1.807) is 35.2 Å². The highest BCUT2D eigenvalue weighted by molar-refractivity contribution is 9.10. The summed E-state index contributed by atoms with van der Waals surface area (Å²) in [5.74, 6) is -0.858. The fourth-order valence-electron chi connectivity index (χ4n) is 3.65. The number of Topliss-reactive ketones (excluding diaryl/α,β-unsaturated/α-hetero) is 1. The zero-order valence-corrected chi connectivity index (χ0v) is 17.2. The number of carbonyl (C=O) groups excluding carboxylic acids is 2. The van der Waals surface area contributed by atoms with Gasteiger partial charge in [-0.25, -0.2) is 0 Å². The summed E-state index contributed by atoms with van der Waals surface area (Å²) in [6, 6.07) is 20.2. The molecule has 0 radical (unpaired) electrons. The zero-order valence-electron chi connectivity index (χ0n) is 15.6. The van der Waals surface area contributed by atoms with Crippen molar-refractivity contribution in [1.82, 2.24) is 4.98 Å². The van der Waals surface area contributed by atoms with Crippen molar-refractivity contribution in [2.45, 2.75) is 18.4 Å². The van der Waals surface area contributed by atoms with E-state index < -0.39 is 11.5 Å². The lowest BCUT2D eigenvalue weighted by Gasteiger charge is -2.22. The number of hydrogen-bond donors (Lipinski definition) is 1. The van der Waals surface area contributed by atoms with Gasteiger partial charge in [-0.2, -0.15) is 0 Å². The quantitative estimate of drug-likeness (QED) is 0.578. The fraction of sp³-hybridized carbons (Fsp3) is 0.174. The first-order chi connectivity index (χ1) is 14.0. The number of nitrogens with zero attached hydrogens (tertiary/aromatic N) is 2. The van der Waals surface area contributed by atoms with Gasteiger partial charge in [0.1, 0.15) is 5.69 Å². The van der Waals surface area contributed by atoms with E-state index in [0.29, 0.717) is 24.2 Å². The van der Waals surface area contributed by atoms with E-state index in [1.165, 1.54) is 6.20 Å². The number of anilines is 1. The number of amides is 1. The monoisotopic (exact) mass is 450 g/mol. The van der Waals surface area contributed by atoms with E-state index in [2.05, 4.69) is 20.9 Å². The van der Waals surface area contributed by atoms with Crippen LogP contribution in [0.4, 0.5) is 5.69 Å². The van der Waals surface area contributed by atoms with Gasteiger partial charge in [-0.15, -0.1) is 0 Å². The van der Waals surface area contributed by atoms with Crippen LogP contribution >= 0.6 is 15.9 Å². The third kappa shape index (κ3) is 3.73. The first-order valence-electron chi connectivity index (χ1n) is 9.31. The first kappa shape index (κ1) is 19.5. The van der Waals surface area contributed by atoms with Gasteiger partial charge in [0.05, 0.1) is 12.1 Å². The average Bonchev–Trinajstić information content (AvgIpc) is 2.94. The van der Waals surface area contributed by atoms with E-state index in [4.69, 9.17) is 0 Å². The number of carbonyl (C=O) groups is 2. The molecule has 0 aliphatic carbocycles. The van der Waals surface area contributed by atoms with Gasteiger partial charge in [-0.05, 0) is 42.3 Å². The van der Waals surface area contributed by atoms with Crippen LogP contribution in [0.3, 0.4) is 0 Å². The number of benzene rings is 2. The van der Waals surface area contributed by atoms with Gasteiger partial charge in [0, 0.05) is 22.8 Å². The van der Waals surface area contributed by atoms with Crippen molar-refractivity contribution >= 4 is 33.3 Å². The number of hydrogen-bond acceptors (Lipinski definition) is 4. The second-order valence-corrected chi connectivity index (χ2v) is 7.94. The molecule has 2 heterocycles. The Balaban J connectivity index is 1.65. The molecule has 1 N–H and O–H groups in total. The Morgan fingerprint density at radius 3 is 2.55 bits per heavy atom. The second-order valence-electron chi connectivity index (χ2n) is 7.03. The molecule has 0 fully saturated rings. The number of aliphatic hydroxyl groups is 1. The summed E-state index contributed by atoms with van der Waals surface area (Å²) in [5, 5.41) is 11.4. The van der Waals surface area contributed by atoms with Crippen molar-refractivity contribution in [2.75, 3.05) is 11.4 Å². The Bertz CT molecular complexity index is 1060. The molecular weight excluding hydrogens is 432 g/mol. The number of rotatable bonds is 6. The Hall–Kier alpha value is -2.83. The molecule has 0 bridgehead atoms. The van der Waals surface area contributed by atoms with E-state index in [1.807, 2.05) is 36.4 Å². The lowest BCUT2D eigenvalue weighted by atomic mass is 9.89. The number of ketones is 1. The number of halogens is 1. The predicted octanol–water partition coefficient (Wildman–Crippen LogP) is 3.89. The molecule has 3 aromatic rings. The molecular formula is C23H19BrN2O3. The molecule has 0 unspecified atom stereocenters. The molecule has 29 heavy (non-hydrogen) atoms. The van der Waals surface area contributed by atoms with Crippen molar-refractivity contribution in [3.63, 3.8) is 0 Å². The minimum absolute atomic E-state index is 0.230. The molecule has 1 atom stereocenters. The zero-order chi connectivity index (χ0) is 20.4. The van der Waals surface area contributed by atoms with E-state index in [-0.39, 0.29) is 17.9 Å². The average molecular weight is 451 g/mol. The molecule has 2 aromatic carbocycles. The number of pyridine rings is 1. The Labute approximate surface area is 177 Å². The second kappa shape index (κ2) is 7.89. The summed E-state index contributed by atoms with van der Waals surface area (Å²) in [7, 11) is 0. The molecule has 0 saturated heterocycles. The van der Waals surface area contributed by atoms with E-state index in [0.717, 1.165) is 10.0 Å². The maximum Gasteiger partial charge on any atom is 0.264 e. The van der Waals surface area contributed by atoms with Crippen molar-refractivity contribution in [1.29, 1.82) is 0 Å². The van der Waals surface area contributed by atoms with Crippen molar-refractivity contribution in [2.24, 2.45) is 0 Å². The molecule has 5 nitrogen and oxygen atoms in total. The minimum Gasteiger partial charge on any atom is -0.375 e. The summed E-state index contributed by atoms with van der Waals surface area (Å²) in [4.78, 5) is 31.6. The Morgan fingerprint density at radius 2 is 1.83 bits per heavy atom. The normalized spacial score (nSPS) is 18.0. The lowest BCUT2D eigenvalue weighted by molar-refractivity contribution is -0.135. The topological polar surface area (TPSA) is 70.5 Å². The van der Waals surface area contributed by atoms with Crippen LogP contribution in [0.25, 0.3) is 0 Å². The van der Waals surface area contributed by atoms with Crippen molar-refractivity contribution < 1.29 is 14.7 Å². The molecule has 1 amide bonds. The highest BCUT2D eigenvalue weighted by atomic mass is 79.9. The van der Waals surface area contributed by atoms with Crippen molar-refractivity contribution in [3.05, 3.63) is 94.2 Å². The summed E-state index contributed by atoms with van der Waals surface area (Å²) < 4.78 is 0.734. The molecule has 1 aliphatic rings. The molecule has 0 spiro atoms. The van der Waals surface area contributed by atoms with Crippen LogP contribution in [0, 0.1) is 0 Å². The van der Waals surface area contributed by atoms with Gasteiger partial charge in [0.25, 0.3) is 5.91 Å². The molecule has 4 rings (SSSR count). The van der Waals surface area contributed by atoms with Crippen LogP contribution in [-0.4, -0.2) is 28.3 Å². The standard InChI is InChI=1S/C23H19BrN2O3/c24-17-9-10-20-18(14-17)23(29,15-21(27)19-8-4-5-12-25-19)22(28)26(20)13-11-16-6-2-1-3-7-16/h1-10,12,14,29H,11,13,15H2/t23-/m0/s1. The summed E-state index contributed by atoms with van der Waals surface area (Å²) in [5.41, 5.74) is 0.483. The molecule has 0 saturated carbocycles. The molecule has 6 heteroatoms. The SMILES string of the molecule is O=C(C[C@@]1(O)C(=O)N(CCc2ccccc2)c2ccc(Br)cc21)c1ccccn1. The van der Waals surface area contributed by atoms with Crippen LogP contribution in [0.1, 0.15) is 28.0 Å². The van der Waals surface area contributed by atoms with E-state index in [9.17, 15) is 14.7 Å². The van der Waals surface area contributed by atoms with Crippen LogP contribution < -0.4 is 4.90 Å². The summed E-state index contributed by atoms with van der Waals surface area (Å²) in [6.07, 6.45) is 1.81. The van der Waals surface area contributed by atoms with Gasteiger partial charge in [-0.1, -0.05) is 52.3 Å². The van der Waals surface area contributed by atoms with Gasteiger partial charge in [0.2, 0.25) is 0 Å². The maximum atomic E-state index is 13.3. The third-order valence-electron chi connectivity index (χ3n) is 5.13. The fourth-order valence-corrected chi connectivity index (χ4v) is 4.01. The predicted molar refractivity (Wildman–Crippen MR) is 114 cm³/mol. The Kier molecular flexibility index (Phi) is 5.30. The van der Waals surface area contributed by atoms with Gasteiger partial charge < -0.3 is 10.0 Å². The first-order valence-corrected chi connectivity index (χ1v) is 10.1. The van der Waals surface area contributed by atoms with Crippen LogP contribution in [0.5, 0.6) is 0 Å². The molecule has 146 valence electrons. The summed E-state index contributed by atoms with van der Waals surface area (Å²) in [6.45, 7) is 0.414. The highest BCUT2D eigenvalue weighted by Gasteiger charge is 2.51. The van der Waals surface area contributed by atoms with Crippen LogP contribution in [0.15, 0.2) is 77.4 Å². The minimum atomic E-state index is -1.91. The van der Waals surface area contributed by atoms with Crippen LogP contribution in [-0.2, 0) is 16.8 Å². The van der Waals surface area contributed by atoms with Crippen LogP contribution in [0.2, 0.25) is 0 Å². The van der Waals surface area contributed by atoms with Gasteiger partial charge in [0.15, 0.2) is 11.4 Å². The largest absolute Gasteiger partial charge is 0.375 e. The van der Waals surface area contributed by atoms with Gasteiger partial charge in [-0.3, -0.25) is 14.6 Å². The lowest BCUT2D eigenvalue weighted by Crippen LogP contribution is -2.42. The maximum absolute atomic E-state index is 13.3. The number of fused-ring (bicyclic) bond motifs is 1. The van der Waals surface area contributed by atoms with E-state index >= 15 is 0 Å². The number of aromatic nitrogens is 1.